The van der Waals surface area contributed by atoms with Gasteiger partial charge in [0.2, 0.25) is 5.78 Å². The van der Waals surface area contributed by atoms with E-state index in [-0.39, 0.29) is 5.78 Å². The number of nitrogens with zero attached hydrogens (tertiary/aromatic N) is 2. The van der Waals surface area contributed by atoms with Crippen LogP contribution in [-0.4, -0.2) is 22.2 Å². The van der Waals surface area contributed by atoms with Gasteiger partial charge in [0.15, 0.2) is 0 Å². The van der Waals surface area contributed by atoms with Crippen molar-refractivity contribution in [2.75, 3.05) is 6.61 Å². The van der Waals surface area contributed by atoms with Gasteiger partial charge in [-0.25, -0.2) is 0 Å². The van der Waals surface area contributed by atoms with Crippen LogP contribution >= 0.6 is 0 Å². The molecule has 1 heterocycles. The van der Waals surface area contributed by atoms with Gasteiger partial charge in [0.1, 0.15) is 11.4 Å². The first-order chi connectivity index (χ1) is 9.22. The maximum Gasteiger partial charge on any atom is 0.211 e. The van der Waals surface area contributed by atoms with Crippen molar-refractivity contribution in [2.45, 2.75) is 19.8 Å². The van der Waals surface area contributed by atoms with Gasteiger partial charge in [0, 0.05) is 18.8 Å². The van der Waals surface area contributed by atoms with Crippen LogP contribution in [0.15, 0.2) is 36.5 Å². The van der Waals surface area contributed by atoms with E-state index in [1.54, 1.807) is 36.1 Å². The molecule has 2 rings (SSSR count). The van der Waals surface area contributed by atoms with Crippen LogP contribution < -0.4 is 4.74 Å². The van der Waals surface area contributed by atoms with Crippen LogP contribution in [0.1, 0.15) is 35.8 Å². The molecule has 0 amide bonds. The number of hydrogen-bond acceptors (Lipinski definition) is 3. The molecule has 0 saturated carbocycles. The maximum absolute atomic E-state index is 12.2. The summed E-state index contributed by atoms with van der Waals surface area (Å²) in [6.07, 6.45) is 3.77. The molecule has 1 aromatic heterocycles. The van der Waals surface area contributed by atoms with E-state index < -0.39 is 0 Å². The molecule has 0 radical (unpaired) electrons. The Kier molecular flexibility index (Phi) is 4.34. The Balaban J connectivity index is 2.06. The Labute approximate surface area is 113 Å². The molecule has 0 fully saturated rings. The minimum Gasteiger partial charge on any atom is -0.494 e. The highest BCUT2D eigenvalue weighted by molar-refractivity contribution is 6.07. The molecular weight excluding hydrogens is 240 g/mol. The lowest BCUT2D eigenvalue weighted by molar-refractivity contribution is 0.103. The summed E-state index contributed by atoms with van der Waals surface area (Å²) in [4.78, 5) is 12.2. The highest BCUT2D eigenvalue weighted by Gasteiger charge is 2.12. The van der Waals surface area contributed by atoms with E-state index in [1.807, 2.05) is 12.1 Å². The molecule has 2 aromatic rings. The topological polar surface area (TPSA) is 44.1 Å². The molecule has 0 aliphatic carbocycles. The minimum absolute atomic E-state index is 0.0277. The van der Waals surface area contributed by atoms with Gasteiger partial charge in [-0.3, -0.25) is 9.48 Å². The predicted molar refractivity (Wildman–Crippen MR) is 73.5 cm³/mol. The van der Waals surface area contributed by atoms with Crippen LogP contribution in [-0.2, 0) is 7.05 Å². The van der Waals surface area contributed by atoms with Gasteiger partial charge in [-0.2, -0.15) is 5.10 Å². The summed E-state index contributed by atoms with van der Waals surface area (Å²) in [6, 6.07) is 8.96. The zero-order chi connectivity index (χ0) is 13.7. The van der Waals surface area contributed by atoms with E-state index in [4.69, 9.17) is 4.74 Å². The summed E-state index contributed by atoms with van der Waals surface area (Å²) >= 11 is 0. The van der Waals surface area contributed by atoms with E-state index in [0.717, 1.165) is 18.6 Å². The van der Waals surface area contributed by atoms with Crippen molar-refractivity contribution in [3.8, 4) is 5.75 Å². The average molecular weight is 258 g/mol. The van der Waals surface area contributed by atoms with Crippen LogP contribution in [0.25, 0.3) is 0 Å². The molecule has 1 aromatic carbocycles. The second-order valence-corrected chi connectivity index (χ2v) is 4.40. The first-order valence-corrected chi connectivity index (χ1v) is 6.48. The fourth-order valence-electron chi connectivity index (χ4n) is 1.78. The number of aromatic nitrogens is 2. The number of hydrogen-bond donors (Lipinski definition) is 0. The van der Waals surface area contributed by atoms with Crippen LogP contribution in [0.5, 0.6) is 5.75 Å². The van der Waals surface area contributed by atoms with Crippen LogP contribution in [0.4, 0.5) is 0 Å². The molecule has 4 nitrogen and oxygen atoms in total. The molecule has 0 aliphatic rings. The summed E-state index contributed by atoms with van der Waals surface area (Å²) in [7, 11) is 1.76. The lowest BCUT2D eigenvalue weighted by Crippen LogP contribution is -2.08. The van der Waals surface area contributed by atoms with E-state index in [9.17, 15) is 4.79 Å². The van der Waals surface area contributed by atoms with Crippen molar-refractivity contribution in [1.29, 1.82) is 0 Å². The van der Waals surface area contributed by atoms with Crippen molar-refractivity contribution in [1.82, 2.24) is 9.78 Å². The SMILES string of the molecule is CCCCOc1ccc(C(=O)c2ccnn2C)cc1. The molecule has 4 heteroatoms. The quantitative estimate of drug-likeness (QED) is 0.591. The Morgan fingerprint density at radius 1 is 1.26 bits per heavy atom. The number of carbonyl (C=O) groups excluding carboxylic acids is 1. The Hall–Kier alpha value is -2.10. The fraction of sp³-hybridized carbons (Fsp3) is 0.333. The fourth-order valence-corrected chi connectivity index (χ4v) is 1.78. The minimum atomic E-state index is -0.0277. The Bertz CT molecular complexity index is 544. The molecule has 19 heavy (non-hydrogen) atoms. The van der Waals surface area contributed by atoms with Crippen LogP contribution in [0.3, 0.4) is 0 Å². The molecule has 0 bridgehead atoms. The number of ether oxygens (including phenoxy) is 1. The first kappa shape index (κ1) is 13.3. The third kappa shape index (κ3) is 3.22. The van der Waals surface area contributed by atoms with Crippen molar-refractivity contribution >= 4 is 5.78 Å². The number of ketones is 1. The maximum atomic E-state index is 12.2. The molecule has 100 valence electrons. The van der Waals surface area contributed by atoms with E-state index >= 15 is 0 Å². The zero-order valence-electron chi connectivity index (χ0n) is 11.3. The number of carbonyl (C=O) groups is 1. The smallest absolute Gasteiger partial charge is 0.211 e. The largest absolute Gasteiger partial charge is 0.494 e. The van der Waals surface area contributed by atoms with Gasteiger partial charge < -0.3 is 4.74 Å². The van der Waals surface area contributed by atoms with Gasteiger partial charge in [-0.1, -0.05) is 13.3 Å². The van der Waals surface area contributed by atoms with Gasteiger partial charge >= 0.3 is 0 Å². The molecule has 0 N–H and O–H groups in total. The molecule has 0 saturated heterocycles. The van der Waals surface area contributed by atoms with Gasteiger partial charge in [0.25, 0.3) is 0 Å². The first-order valence-electron chi connectivity index (χ1n) is 6.48. The number of benzene rings is 1. The average Bonchev–Trinajstić information content (AvgIpc) is 2.85. The van der Waals surface area contributed by atoms with Gasteiger partial charge in [0.05, 0.1) is 6.61 Å². The molecular formula is C15H18N2O2. The Morgan fingerprint density at radius 2 is 2.00 bits per heavy atom. The van der Waals surface area contributed by atoms with Crippen LogP contribution in [0, 0.1) is 0 Å². The van der Waals surface area contributed by atoms with Gasteiger partial charge in [-0.05, 0) is 36.8 Å². The van der Waals surface area contributed by atoms with Crippen molar-refractivity contribution in [3.63, 3.8) is 0 Å². The summed E-state index contributed by atoms with van der Waals surface area (Å²) in [5, 5.41) is 4.00. The van der Waals surface area contributed by atoms with Gasteiger partial charge in [-0.15, -0.1) is 0 Å². The Morgan fingerprint density at radius 3 is 2.58 bits per heavy atom. The van der Waals surface area contributed by atoms with E-state index in [2.05, 4.69) is 12.0 Å². The lowest BCUT2D eigenvalue weighted by atomic mass is 10.1. The number of aryl methyl sites for hydroxylation is 1. The van der Waals surface area contributed by atoms with Crippen molar-refractivity contribution < 1.29 is 9.53 Å². The highest BCUT2D eigenvalue weighted by Crippen LogP contribution is 2.15. The normalized spacial score (nSPS) is 10.4. The predicted octanol–water partition coefficient (Wildman–Crippen LogP) is 2.83. The second kappa shape index (κ2) is 6.18. The van der Waals surface area contributed by atoms with Crippen molar-refractivity contribution in [2.24, 2.45) is 7.05 Å². The third-order valence-electron chi connectivity index (χ3n) is 2.94. The summed E-state index contributed by atoms with van der Waals surface area (Å²) in [6.45, 7) is 2.84. The van der Waals surface area contributed by atoms with E-state index in [0.29, 0.717) is 17.9 Å². The molecule has 0 spiro atoms. The monoisotopic (exact) mass is 258 g/mol. The molecule has 0 atom stereocenters. The third-order valence-corrected chi connectivity index (χ3v) is 2.94. The summed E-state index contributed by atoms with van der Waals surface area (Å²) in [5.74, 6) is 0.773. The van der Waals surface area contributed by atoms with E-state index in [1.165, 1.54) is 0 Å². The molecule has 0 unspecified atom stereocenters. The lowest BCUT2D eigenvalue weighted by Gasteiger charge is -2.06. The highest BCUT2D eigenvalue weighted by atomic mass is 16.5. The van der Waals surface area contributed by atoms with Crippen LogP contribution in [0.2, 0.25) is 0 Å². The summed E-state index contributed by atoms with van der Waals surface area (Å²) in [5.41, 5.74) is 1.23. The number of rotatable bonds is 6. The summed E-state index contributed by atoms with van der Waals surface area (Å²) < 4.78 is 7.14. The van der Waals surface area contributed by atoms with Crippen molar-refractivity contribution in [3.05, 3.63) is 47.8 Å². The number of unbranched alkanes of at least 4 members (excludes halogenated alkanes) is 1. The zero-order valence-corrected chi connectivity index (χ0v) is 11.3. The standard InChI is InChI=1S/C15H18N2O2/c1-3-4-11-19-13-7-5-12(6-8-13)15(18)14-9-10-16-17(14)2/h5-10H,3-4,11H2,1-2H3. The second-order valence-electron chi connectivity index (χ2n) is 4.40. The molecule has 0 aliphatic heterocycles.